The minimum atomic E-state index is 0.126. The molecule has 4 nitrogen and oxygen atoms in total. The van der Waals surface area contributed by atoms with Crippen LogP contribution in [-0.4, -0.2) is 43.7 Å². The molecule has 0 aromatic carbocycles. The summed E-state index contributed by atoms with van der Waals surface area (Å²) in [7, 11) is 1.93. The van der Waals surface area contributed by atoms with Crippen molar-refractivity contribution in [3.63, 3.8) is 0 Å². The van der Waals surface area contributed by atoms with Crippen LogP contribution in [0.1, 0.15) is 51.4 Å². The molecule has 2 rings (SSSR count). The van der Waals surface area contributed by atoms with E-state index >= 15 is 0 Å². The van der Waals surface area contributed by atoms with Gasteiger partial charge >= 0.3 is 6.03 Å². The molecule has 0 unspecified atom stereocenters. The fourth-order valence-corrected chi connectivity index (χ4v) is 3.18. The summed E-state index contributed by atoms with van der Waals surface area (Å²) in [5.41, 5.74) is 0. The normalized spacial score (nSPS) is 22.2. The Labute approximate surface area is 117 Å². The number of hydrogen-bond donors (Lipinski definition) is 2. The van der Waals surface area contributed by atoms with E-state index in [-0.39, 0.29) is 6.03 Å². The number of carbonyl (C=O) groups excluding carboxylic acids is 1. The summed E-state index contributed by atoms with van der Waals surface area (Å²) >= 11 is 0. The fraction of sp³-hybridized carbons (Fsp3) is 0.933. The quantitative estimate of drug-likeness (QED) is 0.821. The lowest BCUT2D eigenvalue weighted by atomic mass is 9.94. The first-order valence-corrected chi connectivity index (χ1v) is 7.98. The highest BCUT2D eigenvalue weighted by Gasteiger charge is 2.19. The third-order valence-corrected chi connectivity index (χ3v) is 4.61. The van der Waals surface area contributed by atoms with E-state index in [1.165, 1.54) is 32.1 Å². The summed E-state index contributed by atoms with van der Waals surface area (Å²) in [4.78, 5) is 14.0. The Kier molecular flexibility index (Phi) is 5.95. The van der Waals surface area contributed by atoms with Gasteiger partial charge in [0.15, 0.2) is 0 Å². The minimum Gasteiger partial charge on any atom is -0.335 e. The van der Waals surface area contributed by atoms with Crippen LogP contribution in [0.5, 0.6) is 0 Å². The van der Waals surface area contributed by atoms with Gasteiger partial charge in [0, 0.05) is 19.6 Å². The third kappa shape index (κ3) is 5.01. The highest BCUT2D eigenvalue weighted by Crippen LogP contribution is 2.18. The van der Waals surface area contributed by atoms with Crippen LogP contribution in [0.15, 0.2) is 0 Å². The molecule has 1 aliphatic heterocycles. The Morgan fingerprint density at radius 3 is 2.53 bits per heavy atom. The van der Waals surface area contributed by atoms with E-state index < -0.39 is 0 Å². The van der Waals surface area contributed by atoms with Crippen LogP contribution in [0.2, 0.25) is 0 Å². The van der Waals surface area contributed by atoms with Gasteiger partial charge in [-0.1, -0.05) is 19.3 Å². The number of carbonyl (C=O) groups is 1. The number of hydrogen-bond acceptors (Lipinski definition) is 2. The molecule has 19 heavy (non-hydrogen) atoms. The molecule has 2 amide bonds. The second-order valence-electron chi connectivity index (χ2n) is 6.19. The average Bonchev–Trinajstić information content (AvgIpc) is 2.47. The van der Waals surface area contributed by atoms with Crippen LogP contribution in [0, 0.1) is 5.92 Å². The second kappa shape index (κ2) is 7.73. The molecular weight excluding hydrogens is 238 g/mol. The first kappa shape index (κ1) is 14.6. The smallest absolute Gasteiger partial charge is 0.317 e. The van der Waals surface area contributed by atoms with Crippen molar-refractivity contribution in [3.05, 3.63) is 0 Å². The zero-order chi connectivity index (χ0) is 13.5. The molecule has 0 radical (unpaired) electrons. The van der Waals surface area contributed by atoms with Crippen LogP contribution in [0.25, 0.3) is 0 Å². The summed E-state index contributed by atoms with van der Waals surface area (Å²) in [6, 6.07) is 0.545. The van der Waals surface area contributed by atoms with Gasteiger partial charge in [-0.3, -0.25) is 0 Å². The summed E-state index contributed by atoms with van der Waals surface area (Å²) in [5, 5.41) is 6.57. The second-order valence-corrected chi connectivity index (χ2v) is 6.19. The monoisotopic (exact) mass is 267 g/mol. The molecule has 4 heteroatoms. The van der Waals surface area contributed by atoms with E-state index in [9.17, 15) is 4.79 Å². The third-order valence-electron chi connectivity index (χ3n) is 4.61. The highest BCUT2D eigenvalue weighted by atomic mass is 16.2. The lowest BCUT2D eigenvalue weighted by Crippen LogP contribution is -2.44. The zero-order valence-corrected chi connectivity index (χ0v) is 12.3. The van der Waals surface area contributed by atoms with Gasteiger partial charge < -0.3 is 15.5 Å². The summed E-state index contributed by atoms with van der Waals surface area (Å²) in [6.45, 7) is 3.18. The Morgan fingerprint density at radius 1 is 1.16 bits per heavy atom. The van der Waals surface area contributed by atoms with Gasteiger partial charge in [-0.25, -0.2) is 4.79 Å². The molecule has 1 saturated carbocycles. The van der Waals surface area contributed by atoms with Gasteiger partial charge in [0.05, 0.1) is 0 Å². The van der Waals surface area contributed by atoms with Crippen molar-refractivity contribution in [1.29, 1.82) is 0 Å². The van der Waals surface area contributed by atoms with Gasteiger partial charge in [0.2, 0.25) is 0 Å². The zero-order valence-electron chi connectivity index (χ0n) is 12.3. The Morgan fingerprint density at radius 2 is 1.84 bits per heavy atom. The minimum absolute atomic E-state index is 0.126. The van der Waals surface area contributed by atoms with Crippen molar-refractivity contribution >= 4 is 6.03 Å². The van der Waals surface area contributed by atoms with Gasteiger partial charge in [-0.15, -0.1) is 0 Å². The molecule has 0 spiro atoms. The predicted molar refractivity (Wildman–Crippen MR) is 78.2 cm³/mol. The molecule has 1 heterocycles. The molecule has 1 aliphatic carbocycles. The van der Waals surface area contributed by atoms with E-state index in [1.807, 2.05) is 11.9 Å². The van der Waals surface area contributed by atoms with Crippen molar-refractivity contribution < 1.29 is 4.79 Å². The summed E-state index contributed by atoms with van der Waals surface area (Å²) in [6.07, 6.45) is 9.86. The van der Waals surface area contributed by atoms with E-state index in [0.717, 1.165) is 44.8 Å². The molecule has 110 valence electrons. The van der Waals surface area contributed by atoms with E-state index in [4.69, 9.17) is 0 Å². The molecule has 2 aliphatic rings. The lowest BCUT2D eigenvalue weighted by molar-refractivity contribution is 0.195. The molecule has 2 N–H and O–H groups in total. The standard InChI is InChI=1S/C15H29N3O/c1-18(12-9-13-7-10-16-11-8-13)15(19)17-14-5-3-2-4-6-14/h13-14,16H,2-12H2,1H3,(H,17,19). The SMILES string of the molecule is CN(CCC1CCNCC1)C(=O)NC1CCCCC1. The Hall–Kier alpha value is -0.770. The van der Waals surface area contributed by atoms with Gasteiger partial charge in [0.25, 0.3) is 0 Å². The number of nitrogens with one attached hydrogen (secondary N) is 2. The van der Waals surface area contributed by atoms with Crippen molar-refractivity contribution in [3.8, 4) is 0 Å². The molecule has 0 bridgehead atoms. The van der Waals surface area contributed by atoms with Gasteiger partial charge in [-0.2, -0.15) is 0 Å². The molecule has 1 saturated heterocycles. The lowest BCUT2D eigenvalue weighted by Gasteiger charge is -2.28. The largest absolute Gasteiger partial charge is 0.335 e. The maximum atomic E-state index is 12.1. The highest BCUT2D eigenvalue weighted by molar-refractivity contribution is 5.74. The van der Waals surface area contributed by atoms with Crippen LogP contribution >= 0.6 is 0 Å². The first-order valence-electron chi connectivity index (χ1n) is 7.98. The number of rotatable bonds is 4. The Balaban J connectivity index is 1.63. The van der Waals surface area contributed by atoms with Crippen LogP contribution in [0.4, 0.5) is 4.79 Å². The van der Waals surface area contributed by atoms with Crippen molar-refractivity contribution in [1.82, 2.24) is 15.5 Å². The molecular formula is C15H29N3O. The Bertz CT molecular complexity index is 271. The number of amides is 2. The molecule has 2 fully saturated rings. The topological polar surface area (TPSA) is 44.4 Å². The van der Waals surface area contributed by atoms with Crippen molar-refractivity contribution in [2.24, 2.45) is 5.92 Å². The molecule has 0 aromatic heterocycles. The van der Waals surface area contributed by atoms with Gasteiger partial charge in [0.1, 0.15) is 0 Å². The summed E-state index contributed by atoms with van der Waals surface area (Å²) in [5.74, 6) is 0.797. The van der Waals surface area contributed by atoms with E-state index in [1.54, 1.807) is 0 Å². The molecule has 0 aromatic rings. The van der Waals surface area contributed by atoms with Crippen molar-refractivity contribution in [2.75, 3.05) is 26.7 Å². The number of nitrogens with zero attached hydrogens (tertiary/aromatic N) is 1. The summed E-state index contributed by atoms with van der Waals surface area (Å²) < 4.78 is 0. The van der Waals surface area contributed by atoms with E-state index in [0.29, 0.717) is 6.04 Å². The number of piperidine rings is 1. The molecule has 0 atom stereocenters. The first-order chi connectivity index (χ1) is 9.25. The number of urea groups is 1. The van der Waals surface area contributed by atoms with Gasteiger partial charge in [-0.05, 0) is 51.1 Å². The van der Waals surface area contributed by atoms with Crippen LogP contribution in [-0.2, 0) is 0 Å². The van der Waals surface area contributed by atoms with E-state index in [2.05, 4.69) is 10.6 Å². The van der Waals surface area contributed by atoms with Crippen LogP contribution in [0.3, 0.4) is 0 Å². The van der Waals surface area contributed by atoms with Crippen molar-refractivity contribution in [2.45, 2.75) is 57.4 Å². The average molecular weight is 267 g/mol. The fourth-order valence-electron chi connectivity index (χ4n) is 3.18. The maximum absolute atomic E-state index is 12.1. The van der Waals surface area contributed by atoms with Crippen LogP contribution < -0.4 is 10.6 Å². The maximum Gasteiger partial charge on any atom is 0.317 e. The predicted octanol–water partition coefficient (Wildman–Crippen LogP) is 2.35.